The molecule has 0 bridgehead atoms. The Morgan fingerprint density at radius 2 is 2.00 bits per heavy atom. The van der Waals surface area contributed by atoms with Crippen LogP contribution in [0.25, 0.3) is 0 Å². The van der Waals surface area contributed by atoms with Gasteiger partial charge < -0.3 is 0 Å². The predicted molar refractivity (Wildman–Crippen MR) is 125 cm³/mol. The first-order valence-electron chi connectivity index (χ1n) is 9.39. The Labute approximate surface area is 178 Å². The molecule has 1 rings (SSSR count). The highest BCUT2D eigenvalue weighted by atomic mass is 127. The second-order valence-corrected chi connectivity index (χ2v) is 9.61. The molecule has 1 aromatic carbocycles. The molecule has 0 aliphatic heterocycles. The van der Waals surface area contributed by atoms with Gasteiger partial charge in [0.2, 0.25) is 0 Å². The van der Waals surface area contributed by atoms with Crippen LogP contribution in [0.2, 0.25) is 0 Å². The van der Waals surface area contributed by atoms with Gasteiger partial charge in [-0.15, -0.1) is 11.8 Å². The van der Waals surface area contributed by atoms with Gasteiger partial charge in [-0.2, -0.15) is 5.26 Å². The first-order chi connectivity index (χ1) is 12.4. The van der Waals surface area contributed by atoms with Gasteiger partial charge in [0.05, 0.1) is 6.07 Å². The number of nitriles is 1. The van der Waals surface area contributed by atoms with E-state index in [1.165, 1.54) is 21.3 Å². The molecule has 3 heteroatoms. The molecule has 0 aromatic heterocycles. The highest BCUT2D eigenvalue weighted by molar-refractivity contribution is 14.1. The lowest BCUT2D eigenvalue weighted by molar-refractivity contribution is 0.174. The molecule has 0 heterocycles. The fourth-order valence-electron chi connectivity index (χ4n) is 3.56. The van der Waals surface area contributed by atoms with Crippen LogP contribution in [0.3, 0.4) is 0 Å². The first-order valence-corrected chi connectivity index (χ1v) is 11.9. The van der Waals surface area contributed by atoms with E-state index in [9.17, 15) is 0 Å². The van der Waals surface area contributed by atoms with Crippen LogP contribution in [-0.2, 0) is 0 Å². The zero-order chi connectivity index (χ0) is 19.4. The highest BCUT2D eigenvalue weighted by Crippen LogP contribution is 2.41. The minimum atomic E-state index is 0.0818. The normalized spacial score (nSPS) is 15.8. The second-order valence-electron chi connectivity index (χ2n) is 7.49. The van der Waals surface area contributed by atoms with Crippen LogP contribution in [-0.4, -0.2) is 10.2 Å². The minimum absolute atomic E-state index is 0.0818. The van der Waals surface area contributed by atoms with Crippen LogP contribution in [0.5, 0.6) is 0 Å². The van der Waals surface area contributed by atoms with Crippen LogP contribution >= 0.6 is 34.4 Å². The topological polar surface area (TPSA) is 23.8 Å². The third-order valence-corrected chi connectivity index (χ3v) is 6.82. The number of rotatable bonds is 11. The van der Waals surface area contributed by atoms with E-state index in [4.69, 9.17) is 5.26 Å². The van der Waals surface area contributed by atoms with E-state index in [0.29, 0.717) is 11.8 Å². The average molecular weight is 481 g/mol. The Balaban J connectivity index is 2.70. The van der Waals surface area contributed by atoms with Gasteiger partial charge in [0.15, 0.2) is 0 Å². The van der Waals surface area contributed by atoms with E-state index < -0.39 is 0 Å². The molecule has 0 amide bonds. The molecule has 0 aliphatic carbocycles. The summed E-state index contributed by atoms with van der Waals surface area (Å²) in [6.45, 7) is 9.18. The van der Waals surface area contributed by atoms with Gasteiger partial charge in [0.25, 0.3) is 0 Å². The van der Waals surface area contributed by atoms with Crippen molar-refractivity contribution in [3.05, 3.63) is 54.1 Å². The maximum Gasteiger partial charge on any atom is 0.0908 e. The Hall–Kier alpha value is -0.730. The van der Waals surface area contributed by atoms with Gasteiger partial charge in [-0.05, 0) is 60.0 Å². The zero-order valence-corrected chi connectivity index (χ0v) is 19.5. The molecule has 0 saturated heterocycles. The summed E-state index contributed by atoms with van der Waals surface area (Å²) < 4.78 is 1.17. The molecular weight excluding hydrogens is 449 g/mol. The number of nitrogens with zero attached hydrogens (tertiary/aromatic N) is 1. The molecule has 1 nitrogen and oxygen atoms in total. The molecular formula is C23H32INS. The van der Waals surface area contributed by atoms with E-state index in [1.807, 2.05) is 11.8 Å². The molecule has 0 aliphatic rings. The average Bonchev–Trinajstić information content (AvgIpc) is 2.63. The number of alkyl halides is 1. The van der Waals surface area contributed by atoms with Crippen molar-refractivity contribution in [2.75, 3.05) is 10.2 Å². The smallest absolute Gasteiger partial charge is 0.0908 e. The monoisotopic (exact) mass is 481 g/mol. The Morgan fingerprint density at radius 3 is 2.58 bits per heavy atom. The molecule has 142 valence electrons. The summed E-state index contributed by atoms with van der Waals surface area (Å²) in [7, 11) is 0. The molecule has 0 saturated carbocycles. The van der Waals surface area contributed by atoms with Gasteiger partial charge in [-0.3, -0.25) is 0 Å². The molecule has 2 atom stereocenters. The maximum atomic E-state index is 9.02. The minimum Gasteiger partial charge on any atom is -0.193 e. The maximum absolute atomic E-state index is 9.02. The van der Waals surface area contributed by atoms with Crippen molar-refractivity contribution in [3.8, 4) is 6.07 Å². The standard InChI is InChI=1S/C23H32INS/c1-19(2)22(13-16-24)23(4,15-9-17-25)14-8-10-20(3)18-26-21-11-6-5-7-12-21/h5-7,9-12,15,19,22H,8,13-14,16,18H2,1-4H3/b15-9+,20-10+/t22-,23-/m1/s1. The number of halogens is 1. The summed E-state index contributed by atoms with van der Waals surface area (Å²) >= 11 is 4.37. The number of thioether (sulfide) groups is 1. The van der Waals surface area contributed by atoms with Crippen molar-refractivity contribution >= 4 is 34.4 Å². The van der Waals surface area contributed by atoms with Crippen molar-refractivity contribution in [2.24, 2.45) is 17.3 Å². The van der Waals surface area contributed by atoms with Gasteiger partial charge in [-0.1, -0.05) is 79.3 Å². The Morgan fingerprint density at radius 1 is 1.31 bits per heavy atom. The fourth-order valence-corrected chi connectivity index (χ4v) is 5.10. The van der Waals surface area contributed by atoms with Crippen molar-refractivity contribution < 1.29 is 0 Å². The number of allylic oxidation sites excluding steroid dienone is 3. The fraction of sp³-hybridized carbons (Fsp3) is 0.522. The summed E-state index contributed by atoms with van der Waals surface area (Å²) in [5.41, 5.74) is 1.51. The quantitative estimate of drug-likeness (QED) is 0.106. The number of hydrogen-bond acceptors (Lipinski definition) is 2. The van der Waals surface area contributed by atoms with Crippen LogP contribution in [0.15, 0.2) is 59.0 Å². The summed E-state index contributed by atoms with van der Waals surface area (Å²) in [6.07, 6.45) is 9.60. The van der Waals surface area contributed by atoms with Gasteiger partial charge in [0, 0.05) is 16.7 Å². The molecule has 0 radical (unpaired) electrons. The van der Waals surface area contributed by atoms with Crippen LogP contribution in [0.4, 0.5) is 0 Å². The lowest BCUT2D eigenvalue weighted by atomic mass is 9.67. The SMILES string of the molecule is C/C(=C\CC[C@](C)(/C=C/C#N)[C@H](CCI)C(C)C)CSc1ccccc1. The van der Waals surface area contributed by atoms with Crippen molar-refractivity contribution in [3.63, 3.8) is 0 Å². The van der Waals surface area contributed by atoms with Crippen LogP contribution in [0, 0.1) is 28.6 Å². The van der Waals surface area contributed by atoms with Gasteiger partial charge in [0.1, 0.15) is 0 Å². The largest absolute Gasteiger partial charge is 0.193 e. The third kappa shape index (κ3) is 8.31. The Bertz CT molecular complexity index is 615. The van der Waals surface area contributed by atoms with Gasteiger partial charge >= 0.3 is 0 Å². The summed E-state index contributed by atoms with van der Waals surface area (Å²) in [5, 5.41) is 9.02. The van der Waals surface area contributed by atoms with E-state index in [1.54, 1.807) is 6.08 Å². The van der Waals surface area contributed by atoms with Crippen molar-refractivity contribution in [2.45, 2.75) is 51.9 Å². The Kier molecular flexibility index (Phi) is 11.3. The lowest BCUT2D eigenvalue weighted by Crippen LogP contribution is -2.30. The zero-order valence-electron chi connectivity index (χ0n) is 16.5. The lowest BCUT2D eigenvalue weighted by Gasteiger charge is -2.38. The number of hydrogen-bond donors (Lipinski definition) is 0. The summed E-state index contributed by atoms with van der Waals surface area (Å²) in [4.78, 5) is 1.32. The van der Waals surface area contributed by atoms with Gasteiger partial charge in [-0.25, -0.2) is 0 Å². The van der Waals surface area contributed by atoms with Crippen LogP contribution < -0.4 is 0 Å². The summed E-state index contributed by atoms with van der Waals surface area (Å²) in [6, 6.07) is 12.8. The predicted octanol–water partition coefficient (Wildman–Crippen LogP) is 7.69. The van der Waals surface area contributed by atoms with E-state index >= 15 is 0 Å². The first kappa shape index (κ1) is 23.3. The van der Waals surface area contributed by atoms with E-state index in [2.05, 4.69) is 98.8 Å². The third-order valence-electron chi connectivity index (χ3n) is 5.00. The van der Waals surface area contributed by atoms with E-state index in [-0.39, 0.29) is 5.41 Å². The van der Waals surface area contributed by atoms with Crippen molar-refractivity contribution in [1.29, 1.82) is 5.26 Å². The molecule has 26 heavy (non-hydrogen) atoms. The second kappa shape index (κ2) is 12.6. The highest BCUT2D eigenvalue weighted by Gasteiger charge is 2.32. The molecule has 0 N–H and O–H groups in total. The molecule has 0 spiro atoms. The van der Waals surface area contributed by atoms with Crippen molar-refractivity contribution in [1.82, 2.24) is 0 Å². The summed E-state index contributed by atoms with van der Waals surface area (Å²) in [5.74, 6) is 2.27. The van der Waals surface area contributed by atoms with E-state index in [0.717, 1.165) is 18.6 Å². The molecule has 1 aromatic rings. The molecule has 0 fully saturated rings. The molecule has 0 unspecified atom stereocenters. The van der Waals surface area contributed by atoms with Crippen LogP contribution in [0.1, 0.15) is 47.0 Å². The number of benzene rings is 1.